The van der Waals surface area contributed by atoms with Gasteiger partial charge >= 0.3 is 0 Å². The Morgan fingerprint density at radius 2 is 2.18 bits per heavy atom. The topological polar surface area (TPSA) is 63.3 Å². The lowest BCUT2D eigenvalue weighted by atomic mass is 9.98. The highest BCUT2D eigenvalue weighted by Gasteiger charge is 2.12. The van der Waals surface area contributed by atoms with Crippen molar-refractivity contribution in [3.63, 3.8) is 0 Å². The van der Waals surface area contributed by atoms with Gasteiger partial charge < -0.3 is 10.8 Å². The molecule has 0 bridgehead atoms. The number of hydrogen-bond donors (Lipinski definition) is 2. The van der Waals surface area contributed by atoms with Crippen LogP contribution in [0.4, 0.5) is 0 Å². The minimum absolute atomic E-state index is 0.0529. The number of carbonyl (C=O) groups is 1. The number of rotatable bonds is 6. The van der Waals surface area contributed by atoms with Crippen molar-refractivity contribution in [2.75, 3.05) is 6.61 Å². The molecule has 0 saturated carbocycles. The smallest absolute Gasteiger partial charge is 0.220 e. The summed E-state index contributed by atoms with van der Waals surface area (Å²) in [6.45, 7) is 2.12. The van der Waals surface area contributed by atoms with Gasteiger partial charge in [-0.05, 0) is 12.8 Å². The summed E-state index contributed by atoms with van der Waals surface area (Å²) in [7, 11) is 0. The fourth-order valence-electron chi connectivity index (χ4n) is 1.04. The lowest BCUT2D eigenvalue weighted by Crippen LogP contribution is -2.24. The van der Waals surface area contributed by atoms with Crippen LogP contribution in [0.5, 0.6) is 0 Å². The minimum atomic E-state index is -0.285. The van der Waals surface area contributed by atoms with E-state index in [2.05, 4.69) is 6.92 Å². The predicted octanol–water partition coefficient (Wildman–Crippen LogP) is 0.661. The van der Waals surface area contributed by atoms with Crippen LogP contribution in [-0.4, -0.2) is 17.6 Å². The molecule has 0 radical (unpaired) electrons. The molecule has 1 unspecified atom stereocenters. The van der Waals surface area contributed by atoms with Crippen LogP contribution in [0, 0.1) is 5.92 Å². The van der Waals surface area contributed by atoms with Crippen LogP contribution in [0.25, 0.3) is 0 Å². The Morgan fingerprint density at radius 3 is 2.55 bits per heavy atom. The van der Waals surface area contributed by atoms with E-state index in [0.717, 1.165) is 19.3 Å². The molecule has 0 fully saturated rings. The molecule has 0 rings (SSSR count). The zero-order valence-corrected chi connectivity index (χ0v) is 7.05. The number of carbonyl (C=O) groups excluding carboxylic acids is 1. The largest absolute Gasteiger partial charge is 0.396 e. The van der Waals surface area contributed by atoms with Crippen molar-refractivity contribution < 1.29 is 9.90 Å². The van der Waals surface area contributed by atoms with Gasteiger partial charge in [-0.15, -0.1) is 0 Å². The molecule has 0 aliphatic rings. The van der Waals surface area contributed by atoms with Gasteiger partial charge in [-0.1, -0.05) is 19.8 Å². The van der Waals surface area contributed by atoms with E-state index >= 15 is 0 Å². The number of amides is 1. The highest BCUT2D eigenvalue weighted by atomic mass is 16.3. The molecule has 0 aliphatic carbocycles. The van der Waals surface area contributed by atoms with Crippen molar-refractivity contribution in [1.29, 1.82) is 0 Å². The first-order valence-electron chi connectivity index (χ1n) is 4.12. The van der Waals surface area contributed by atoms with Crippen LogP contribution >= 0.6 is 0 Å². The van der Waals surface area contributed by atoms with Crippen LogP contribution in [0.1, 0.15) is 32.6 Å². The number of nitrogens with two attached hydrogens (primary N) is 1. The fourth-order valence-corrected chi connectivity index (χ4v) is 1.04. The lowest BCUT2D eigenvalue weighted by Gasteiger charge is -2.09. The summed E-state index contributed by atoms with van der Waals surface area (Å²) in [6, 6.07) is 0. The number of aliphatic hydroxyl groups excluding tert-OH is 1. The number of unbranched alkanes of at least 4 members (excludes halogenated alkanes) is 1. The Bertz CT molecular complexity index is 115. The van der Waals surface area contributed by atoms with Gasteiger partial charge in [0, 0.05) is 12.5 Å². The van der Waals surface area contributed by atoms with Gasteiger partial charge in [-0.2, -0.15) is 0 Å². The Kier molecular flexibility index (Phi) is 5.84. The molecule has 0 aromatic carbocycles. The number of primary amides is 1. The summed E-state index contributed by atoms with van der Waals surface area (Å²) in [5.74, 6) is -0.410. The van der Waals surface area contributed by atoms with Gasteiger partial charge in [0.25, 0.3) is 0 Å². The molecule has 11 heavy (non-hydrogen) atoms. The third kappa shape index (κ3) is 4.79. The van der Waals surface area contributed by atoms with E-state index in [4.69, 9.17) is 10.8 Å². The van der Waals surface area contributed by atoms with E-state index in [1.165, 1.54) is 0 Å². The van der Waals surface area contributed by atoms with Crippen molar-refractivity contribution in [1.82, 2.24) is 0 Å². The maximum Gasteiger partial charge on any atom is 0.220 e. The first kappa shape index (κ1) is 10.4. The van der Waals surface area contributed by atoms with Crippen LogP contribution < -0.4 is 5.73 Å². The summed E-state index contributed by atoms with van der Waals surface area (Å²) in [5.41, 5.74) is 5.11. The fraction of sp³-hybridized carbons (Fsp3) is 0.875. The van der Waals surface area contributed by atoms with Crippen molar-refractivity contribution in [2.45, 2.75) is 32.6 Å². The summed E-state index contributed by atoms with van der Waals surface area (Å²) in [6.07, 6.45) is 3.39. The SMILES string of the molecule is CCCCC(CCO)C(N)=O. The minimum Gasteiger partial charge on any atom is -0.396 e. The molecular weight excluding hydrogens is 142 g/mol. The molecule has 0 heterocycles. The Morgan fingerprint density at radius 1 is 1.55 bits per heavy atom. The molecule has 3 heteroatoms. The van der Waals surface area contributed by atoms with E-state index in [1.807, 2.05) is 0 Å². The second-order valence-corrected chi connectivity index (χ2v) is 2.75. The third-order valence-corrected chi connectivity index (χ3v) is 1.79. The third-order valence-electron chi connectivity index (χ3n) is 1.79. The molecule has 0 aromatic rings. The zero-order chi connectivity index (χ0) is 8.69. The van der Waals surface area contributed by atoms with Gasteiger partial charge in [0.05, 0.1) is 0 Å². The summed E-state index contributed by atoms with van der Waals surface area (Å²) >= 11 is 0. The van der Waals surface area contributed by atoms with Crippen molar-refractivity contribution >= 4 is 5.91 Å². The zero-order valence-electron chi connectivity index (χ0n) is 7.05. The molecule has 1 atom stereocenters. The van der Waals surface area contributed by atoms with Crippen LogP contribution in [0.15, 0.2) is 0 Å². The monoisotopic (exact) mass is 159 g/mol. The van der Waals surface area contributed by atoms with Gasteiger partial charge in [0.1, 0.15) is 0 Å². The van der Waals surface area contributed by atoms with E-state index in [0.29, 0.717) is 6.42 Å². The van der Waals surface area contributed by atoms with Gasteiger partial charge in [0.2, 0.25) is 5.91 Å². The van der Waals surface area contributed by atoms with Crippen LogP contribution in [0.2, 0.25) is 0 Å². The normalized spacial score (nSPS) is 12.9. The average molecular weight is 159 g/mol. The van der Waals surface area contributed by atoms with E-state index in [9.17, 15) is 4.79 Å². The van der Waals surface area contributed by atoms with Crippen molar-refractivity contribution in [3.8, 4) is 0 Å². The van der Waals surface area contributed by atoms with Crippen molar-refractivity contribution in [3.05, 3.63) is 0 Å². The summed E-state index contributed by atoms with van der Waals surface area (Å²) < 4.78 is 0. The molecule has 3 N–H and O–H groups in total. The Balaban J connectivity index is 3.60. The van der Waals surface area contributed by atoms with Crippen LogP contribution in [0.3, 0.4) is 0 Å². The maximum atomic E-state index is 10.7. The molecule has 0 aliphatic heterocycles. The van der Waals surface area contributed by atoms with Crippen molar-refractivity contribution in [2.24, 2.45) is 11.7 Å². The highest BCUT2D eigenvalue weighted by molar-refractivity contribution is 5.76. The molecule has 1 amide bonds. The number of hydrogen-bond acceptors (Lipinski definition) is 2. The molecule has 66 valence electrons. The molecule has 3 nitrogen and oxygen atoms in total. The number of aliphatic hydroxyl groups is 1. The summed E-state index contributed by atoms with van der Waals surface area (Å²) in [4.78, 5) is 10.7. The van der Waals surface area contributed by atoms with E-state index < -0.39 is 0 Å². The standard InChI is InChI=1S/C8H17NO2/c1-2-3-4-7(5-6-10)8(9)11/h7,10H,2-6H2,1H3,(H2,9,11). The second-order valence-electron chi connectivity index (χ2n) is 2.75. The first-order valence-corrected chi connectivity index (χ1v) is 4.12. The van der Waals surface area contributed by atoms with Gasteiger partial charge in [-0.25, -0.2) is 0 Å². The first-order chi connectivity index (χ1) is 5.22. The average Bonchev–Trinajstić information content (AvgIpc) is 1.97. The van der Waals surface area contributed by atoms with E-state index in [1.54, 1.807) is 0 Å². The maximum absolute atomic E-state index is 10.7. The second kappa shape index (κ2) is 6.16. The van der Waals surface area contributed by atoms with Gasteiger partial charge in [-0.3, -0.25) is 4.79 Å². The molecular formula is C8H17NO2. The van der Waals surface area contributed by atoms with Crippen LogP contribution in [-0.2, 0) is 4.79 Å². The molecule has 0 saturated heterocycles. The highest BCUT2D eigenvalue weighted by Crippen LogP contribution is 2.11. The molecule has 0 spiro atoms. The van der Waals surface area contributed by atoms with Gasteiger partial charge in [0.15, 0.2) is 0 Å². The molecule has 0 aromatic heterocycles. The quantitative estimate of drug-likeness (QED) is 0.598. The Hall–Kier alpha value is -0.570. The predicted molar refractivity (Wildman–Crippen MR) is 43.9 cm³/mol. The Labute approximate surface area is 67.6 Å². The van der Waals surface area contributed by atoms with E-state index in [-0.39, 0.29) is 18.4 Å². The summed E-state index contributed by atoms with van der Waals surface area (Å²) in [5, 5.41) is 8.58. The lowest BCUT2D eigenvalue weighted by molar-refractivity contribution is -0.122.